The molecule has 0 amide bonds. The Hall–Kier alpha value is -0.680. The van der Waals surface area contributed by atoms with Crippen molar-refractivity contribution in [3.8, 4) is 0 Å². The molecule has 0 radical (unpaired) electrons. The molecule has 1 heterocycles. The molecule has 1 unspecified atom stereocenters. The van der Waals surface area contributed by atoms with Gasteiger partial charge in [0, 0.05) is 9.35 Å². The number of nitrogens with one attached hydrogen (secondary N) is 1. The number of nitrogens with two attached hydrogens (primary N) is 1. The number of hydrogen-bond acceptors (Lipinski definition) is 3. The van der Waals surface area contributed by atoms with Crippen LogP contribution in [-0.4, -0.2) is 0 Å². The maximum atomic E-state index is 5.72. The maximum Gasteiger partial charge on any atom is 0.0723 e. The summed E-state index contributed by atoms with van der Waals surface area (Å²) < 4.78 is 1.08. The predicted octanol–water partition coefficient (Wildman–Crippen LogP) is 3.68. The van der Waals surface area contributed by atoms with Crippen molar-refractivity contribution in [3.63, 3.8) is 0 Å². The fourth-order valence-electron chi connectivity index (χ4n) is 1.96. The van der Waals surface area contributed by atoms with Gasteiger partial charge in [0.15, 0.2) is 0 Å². The van der Waals surface area contributed by atoms with E-state index in [0.29, 0.717) is 0 Å². The second-order valence-corrected chi connectivity index (χ2v) is 6.07. The average Bonchev–Trinajstić information content (AvgIpc) is 2.71. The van der Waals surface area contributed by atoms with Crippen molar-refractivity contribution in [1.29, 1.82) is 0 Å². The Kier molecular flexibility index (Phi) is 3.99. The summed E-state index contributed by atoms with van der Waals surface area (Å²) in [5.74, 6) is 5.72. The van der Waals surface area contributed by atoms with Gasteiger partial charge < -0.3 is 0 Å². The zero-order valence-electron chi connectivity index (χ0n) is 9.83. The molecule has 0 bridgehead atoms. The molecular weight excluding hydrogens is 296 g/mol. The molecule has 3 N–H and O–H groups in total. The molecule has 0 saturated heterocycles. The van der Waals surface area contributed by atoms with Gasteiger partial charge in [-0.1, -0.05) is 22.0 Å². The molecule has 2 nitrogen and oxygen atoms in total. The number of rotatable bonds is 3. The molecule has 2 rings (SSSR count). The van der Waals surface area contributed by atoms with Crippen LogP contribution in [0, 0.1) is 13.8 Å². The van der Waals surface area contributed by atoms with E-state index in [1.807, 2.05) is 6.07 Å². The number of aryl methyl sites for hydroxylation is 2. The number of benzene rings is 1. The summed E-state index contributed by atoms with van der Waals surface area (Å²) in [6.07, 6.45) is 0. The number of thiophene rings is 1. The first-order valence-electron chi connectivity index (χ1n) is 5.39. The smallest absolute Gasteiger partial charge is 0.0723 e. The second kappa shape index (κ2) is 5.31. The molecule has 0 saturated carbocycles. The largest absolute Gasteiger partial charge is 0.271 e. The molecule has 1 atom stereocenters. The van der Waals surface area contributed by atoms with E-state index in [2.05, 4.69) is 58.8 Å². The summed E-state index contributed by atoms with van der Waals surface area (Å²) in [6.45, 7) is 4.23. The molecular formula is C13H15BrN2S. The first-order valence-corrected chi connectivity index (χ1v) is 7.07. The summed E-state index contributed by atoms with van der Waals surface area (Å²) in [4.78, 5) is 1.30. The molecule has 0 spiro atoms. The Morgan fingerprint density at radius 1 is 1.24 bits per heavy atom. The van der Waals surface area contributed by atoms with Gasteiger partial charge in [0.1, 0.15) is 0 Å². The summed E-state index contributed by atoms with van der Waals surface area (Å²) in [5, 5.41) is 2.10. The summed E-state index contributed by atoms with van der Waals surface area (Å²) >= 11 is 5.26. The van der Waals surface area contributed by atoms with Gasteiger partial charge in [-0.2, -0.15) is 0 Å². The van der Waals surface area contributed by atoms with Crippen molar-refractivity contribution in [1.82, 2.24) is 5.43 Å². The van der Waals surface area contributed by atoms with E-state index in [0.717, 1.165) is 4.47 Å². The van der Waals surface area contributed by atoms with Gasteiger partial charge in [-0.3, -0.25) is 5.84 Å². The van der Waals surface area contributed by atoms with Crippen LogP contribution in [0.15, 0.2) is 34.1 Å². The lowest BCUT2D eigenvalue weighted by Crippen LogP contribution is -2.29. The molecule has 0 fully saturated rings. The Labute approximate surface area is 114 Å². The normalized spacial score (nSPS) is 12.7. The van der Waals surface area contributed by atoms with Gasteiger partial charge in [-0.25, -0.2) is 5.43 Å². The van der Waals surface area contributed by atoms with Crippen molar-refractivity contribution >= 4 is 27.3 Å². The van der Waals surface area contributed by atoms with Crippen molar-refractivity contribution in [2.45, 2.75) is 19.9 Å². The highest BCUT2D eigenvalue weighted by Crippen LogP contribution is 2.30. The highest BCUT2D eigenvalue weighted by Gasteiger charge is 2.17. The minimum atomic E-state index is 0.0544. The predicted molar refractivity (Wildman–Crippen MR) is 77.1 cm³/mol. The summed E-state index contributed by atoms with van der Waals surface area (Å²) in [5.41, 5.74) is 6.61. The minimum Gasteiger partial charge on any atom is -0.271 e. The monoisotopic (exact) mass is 310 g/mol. The fraction of sp³-hybridized carbons (Fsp3) is 0.231. The van der Waals surface area contributed by atoms with Crippen molar-refractivity contribution in [2.75, 3.05) is 0 Å². The first kappa shape index (κ1) is 12.8. The Morgan fingerprint density at radius 3 is 2.59 bits per heavy atom. The molecule has 90 valence electrons. The third-order valence-corrected chi connectivity index (χ3v) is 4.28. The molecule has 2 aromatic rings. The third kappa shape index (κ3) is 2.60. The second-order valence-electron chi connectivity index (χ2n) is 4.03. The number of hydrogen-bond donors (Lipinski definition) is 2. The zero-order valence-corrected chi connectivity index (χ0v) is 12.2. The highest BCUT2D eigenvalue weighted by atomic mass is 79.9. The van der Waals surface area contributed by atoms with E-state index in [1.54, 1.807) is 11.3 Å². The first-order chi connectivity index (χ1) is 8.13. The molecule has 0 aliphatic rings. The van der Waals surface area contributed by atoms with E-state index in [1.165, 1.54) is 21.6 Å². The van der Waals surface area contributed by atoms with Gasteiger partial charge in [0.05, 0.1) is 6.04 Å². The summed E-state index contributed by atoms with van der Waals surface area (Å²) in [6, 6.07) is 8.46. The van der Waals surface area contributed by atoms with Gasteiger partial charge in [-0.05, 0) is 54.1 Å². The lowest BCUT2D eigenvalue weighted by atomic mass is 9.96. The van der Waals surface area contributed by atoms with Gasteiger partial charge in [0.25, 0.3) is 0 Å². The van der Waals surface area contributed by atoms with Crippen molar-refractivity contribution in [3.05, 3.63) is 55.7 Å². The Balaban J connectivity index is 2.49. The van der Waals surface area contributed by atoms with E-state index < -0.39 is 0 Å². The van der Waals surface area contributed by atoms with Crippen LogP contribution < -0.4 is 11.3 Å². The van der Waals surface area contributed by atoms with Gasteiger partial charge in [0.2, 0.25) is 0 Å². The van der Waals surface area contributed by atoms with Crippen molar-refractivity contribution < 1.29 is 0 Å². The van der Waals surface area contributed by atoms with Gasteiger partial charge in [-0.15, -0.1) is 11.3 Å². The lowest BCUT2D eigenvalue weighted by molar-refractivity contribution is 0.633. The quantitative estimate of drug-likeness (QED) is 0.670. The summed E-state index contributed by atoms with van der Waals surface area (Å²) in [7, 11) is 0. The molecule has 17 heavy (non-hydrogen) atoms. The minimum absolute atomic E-state index is 0.0544. The fourth-order valence-corrected chi connectivity index (χ4v) is 3.08. The highest BCUT2D eigenvalue weighted by molar-refractivity contribution is 9.10. The van der Waals surface area contributed by atoms with Crippen LogP contribution in [0.2, 0.25) is 0 Å². The lowest BCUT2D eigenvalue weighted by Gasteiger charge is -2.19. The third-order valence-electron chi connectivity index (χ3n) is 2.93. The zero-order chi connectivity index (χ0) is 12.4. The van der Waals surface area contributed by atoms with Gasteiger partial charge >= 0.3 is 0 Å². The molecule has 0 aliphatic carbocycles. The molecule has 0 aliphatic heterocycles. The van der Waals surface area contributed by atoms with Crippen LogP contribution in [0.25, 0.3) is 0 Å². The topological polar surface area (TPSA) is 38.0 Å². The van der Waals surface area contributed by atoms with E-state index in [-0.39, 0.29) is 6.04 Å². The van der Waals surface area contributed by atoms with E-state index in [4.69, 9.17) is 5.84 Å². The van der Waals surface area contributed by atoms with Crippen LogP contribution >= 0.6 is 27.3 Å². The molecule has 1 aromatic carbocycles. The number of halogens is 1. The van der Waals surface area contributed by atoms with E-state index in [9.17, 15) is 0 Å². The molecule has 4 heteroatoms. The number of hydrazine groups is 1. The van der Waals surface area contributed by atoms with Crippen LogP contribution in [0.5, 0.6) is 0 Å². The standard InChI is InChI=1S/C13H15BrN2S/c1-8-3-4-10(14)7-12(8)13(16-15)11-5-6-17-9(11)2/h3-7,13,16H,15H2,1-2H3. The Morgan fingerprint density at radius 2 is 2.00 bits per heavy atom. The van der Waals surface area contributed by atoms with Crippen molar-refractivity contribution in [2.24, 2.45) is 5.84 Å². The van der Waals surface area contributed by atoms with E-state index >= 15 is 0 Å². The molecule has 1 aromatic heterocycles. The van der Waals surface area contributed by atoms with Crippen LogP contribution in [0.3, 0.4) is 0 Å². The maximum absolute atomic E-state index is 5.72. The van der Waals surface area contributed by atoms with Crippen LogP contribution in [-0.2, 0) is 0 Å². The van der Waals surface area contributed by atoms with Crippen LogP contribution in [0.1, 0.15) is 27.6 Å². The SMILES string of the molecule is Cc1ccc(Br)cc1C(NN)c1ccsc1C. The van der Waals surface area contributed by atoms with Crippen LogP contribution in [0.4, 0.5) is 0 Å². The Bertz CT molecular complexity index is 522. The average molecular weight is 311 g/mol.